The average Bonchev–Trinajstić information content (AvgIpc) is 3.37. The van der Waals surface area contributed by atoms with Crippen LogP contribution in [0.25, 0.3) is 5.69 Å². The summed E-state index contributed by atoms with van der Waals surface area (Å²) < 4.78 is 2.01. The number of hydrogen-bond acceptors (Lipinski definition) is 5. The fraction of sp³-hybridized carbons (Fsp3) is 0.300. The van der Waals surface area contributed by atoms with Crippen LogP contribution < -0.4 is 4.90 Å². The molecular weight excluding hydrogens is 380 g/mol. The standard InChI is InChI=1S/C20H21ClN4OS/c21-16-10-4-5-11-17(16)25-19(24-12-6-7-13-24)22-23-20(25)27-14-18(26)15-8-2-1-3-9-15/h1-5,8-11,18,26H,6-7,12-14H2. The third-order valence-corrected chi connectivity index (χ3v) is 5.98. The molecule has 0 aliphatic carbocycles. The van der Waals surface area contributed by atoms with Crippen LogP contribution in [0.5, 0.6) is 0 Å². The van der Waals surface area contributed by atoms with Gasteiger partial charge in [-0.05, 0) is 30.5 Å². The molecule has 0 bridgehead atoms. The first kappa shape index (κ1) is 18.3. The van der Waals surface area contributed by atoms with Crippen molar-refractivity contribution < 1.29 is 5.11 Å². The van der Waals surface area contributed by atoms with Gasteiger partial charge >= 0.3 is 0 Å². The Kier molecular flexibility index (Phi) is 5.66. The Hall–Kier alpha value is -2.02. The van der Waals surface area contributed by atoms with E-state index < -0.39 is 6.10 Å². The van der Waals surface area contributed by atoms with Gasteiger partial charge in [0.15, 0.2) is 5.16 Å². The minimum Gasteiger partial charge on any atom is -0.388 e. The molecule has 3 aromatic rings. The van der Waals surface area contributed by atoms with Crippen LogP contribution in [-0.4, -0.2) is 38.7 Å². The van der Waals surface area contributed by atoms with Gasteiger partial charge in [0.1, 0.15) is 0 Å². The van der Waals surface area contributed by atoms with Crippen molar-refractivity contribution in [2.45, 2.75) is 24.1 Å². The highest BCUT2D eigenvalue weighted by atomic mass is 35.5. The molecular formula is C20H21ClN4OS. The molecule has 2 heterocycles. The zero-order valence-corrected chi connectivity index (χ0v) is 16.4. The molecule has 0 radical (unpaired) electrons. The molecule has 0 amide bonds. The number of benzene rings is 2. The van der Waals surface area contributed by atoms with E-state index in [2.05, 4.69) is 15.1 Å². The Morgan fingerprint density at radius 3 is 2.44 bits per heavy atom. The van der Waals surface area contributed by atoms with Crippen molar-refractivity contribution in [3.8, 4) is 5.69 Å². The fourth-order valence-corrected chi connectivity index (χ4v) is 4.37. The van der Waals surface area contributed by atoms with Crippen LogP contribution in [0.2, 0.25) is 5.02 Å². The lowest BCUT2D eigenvalue weighted by Gasteiger charge is -2.19. The Labute approximate surface area is 168 Å². The normalized spacial score (nSPS) is 15.3. The maximum atomic E-state index is 10.5. The van der Waals surface area contributed by atoms with Crippen LogP contribution in [0.3, 0.4) is 0 Å². The van der Waals surface area contributed by atoms with Gasteiger partial charge in [0.2, 0.25) is 5.95 Å². The van der Waals surface area contributed by atoms with Gasteiger partial charge in [-0.15, -0.1) is 10.2 Å². The Balaban J connectivity index is 1.63. The fourth-order valence-electron chi connectivity index (χ4n) is 3.25. The predicted molar refractivity (Wildman–Crippen MR) is 110 cm³/mol. The van der Waals surface area contributed by atoms with E-state index >= 15 is 0 Å². The monoisotopic (exact) mass is 400 g/mol. The second kappa shape index (κ2) is 8.33. The molecule has 140 valence electrons. The number of aliphatic hydroxyl groups excluding tert-OH is 1. The number of aromatic nitrogens is 3. The number of hydrogen-bond donors (Lipinski definition) is 1. The SMILES string of the molecule is OC(CSc1nnc(N2CCCC2)n1-c1ccccc1Cl)c1ccccc1. The number of halogens is 1. The molecule has 0 saturated carbocycles. The van der Waals surface area contributed by atoms with E-state index in [1.165, 1.54) is 11.8 Å². The summed E-state index contributed by atoms with van der Waals surface area (Å²) in [6.07, 6.45) is 1.75. The molecule has 1 N–H and O–H groups in total. The largest absolute Gasteiger partial charge is 0.388 e. The molecule has 1 unspecified atom stereocenters. The first-order chi connectivity index (χ1) is 13.2. The molecule has 1 aliphatic rings. The summed E-state index contributed by atoms with van der Waals surface area (Å²) in [4.78, 5) is 2.24. The zero-order chi connectivity index (χ0) is 18.6. The van der Waals surface area contributed by atoms with E-state index in [4.69, 9.17) is 11.6 Å². The lowest BCUT2D eigenvalue weighted by Crippen LogP contribution is -2.22. The summed E-state index contributed by atoms with van der Waals surface area (Å²) in [7, 11) is 0. The molecule has 1 aromatic heterocycles. The van der Waals surface area contributed by atoms with Crippen molar-refractivity contribution in [1.29, 1.82) is 0 Å². The molecule has 1 fully saturated rings. The van der Waals surface area contributed by atoms with Crippen molar-refractivity contribution in [2.24, 2.45) is 0 Å². The third kappa shape index (κ3) is 3.98. The minimum atomic E-state index is -0.567. The minimum absolute atomic E-state index is 0.493. The second-order valence-electron chi connectivity index (χ2n) is 6.50. The first-order valence-corrected chi connectivity index (χ1v) is 10.4. The van der Waals surface area contributed by atoms with Crippen LogP contribution >= 0.6 is 23.4 Å². The summed E-state index contributed by atoms with van der Waals surface area (Å²) >= 11 is 7.96. The van der Waals surface area contributed by atoms with E-state index in [9.17, 15) is 5.11 Å². The average molecular weight is 401 g/mol. The lowest BCUT2D eigenvalue weighted by molar-refractivity contribution is 0.204. The van der Waals surface area contributed by atoms with E-state index in [0.717, 1.165) is 48.3 Å². The third-order valence-electron chi connectivity index (χ3n) is 4.65. The number of aliphatic hydroxyl groups is 1. The van der Waals surface area contributed by atoms with Crippen molar-refractivity contribution in [3.63, 3.8) is 0 Å². The summed E-state index contributed by atoms with van der Waals surface area (Å²) in [6, 6.07) is 17.4. The van der Waals surface area contributed by atoms with Gasteiger partial charge in [-0.3, -0.25) is 4.57 Å². The van der Waals surface area contributed by atoms with E-state index in [1.807, 2.05) is 59.2 Å². The van der Waals surface area contributed by atoms with E-state index in [-0.39, 0.29) is 0 Å². The van der Waals surface area contributed by atoms with Crippen molar-refractivity contribution in [1.82, 2.24) is 14.8 Å². The number of nitrogens with zero attached hydrogens (tertiary/aromatic N) is 4. The maximum absolute atomic E-state index is 10.5. The molecule has 2 aromatic carbocycles. The van der Waals surface area contributed by atoms with Crippen LogP contribution in [0.1, 0.15) is 24.5 Å². The Morgan fingerprint density at radius 1 is 1.00 bits per heavy atom. The van der Waals surface area contributed by atoms with E-state index in [0.29, 0.717) is 10.8 Å². The molecule has 1 atom stereocenters. The maximum Gasteiger partial charge on any atom is 0.232 e. The van der Waals surface area contributed by atoms with Crippen molar-refractivity contribution >= 4 is 29.3 Å². The number of para-hydroxylation sites is 1. The van der Waals surface area contributed by atoms with Crippen LogP contribution in [0.4, 0.5) is 5.95 Å². The second-order valence-corrected chi connectivity index (χ2v) is 7.90. The van der Waals surface area contributed by atoms with Crippen LogP contribution in [-0.2, 0) is 0 Å². The molecule has 1 saturated heterocycles. The highest BCUT2D eigenvalue weighted by molar-refractivity contribution is 7.99. The Morgan fingerprint density at radius 2 is 1.70 bits per heavy atom. The first-order valence-electron chi connectivity index (χ1n) is 9.05. The molecule has 4 rings (SSSR count). The number of thioether (sulfide) groups is 1. The number of rotatable bonds is 6. The molecule has 1 aliphatic heterocycles. The van der Waals surface area contributed by atoms with Gasteiger partial charge in [-0.2, -0.15) is 0 Å². The van der Waals surface area contributed by atoms with Gasteiger partial charge in [0, 0.05) is 18.8 Å². The van der Waals surface area contributed by atoms with Gasteiger partial charge in [0.25, 0.3) is 0 Å². The molecule has 5 nitrogen and oxygen atoms in total. The molecule has 0 spiro atoms. The lowest BCUT2D eigenvalue weighted by atomic mass is 10.1. The summed E-state index contributed by atoms with van der Waals surface area (Å²) in [5.74, 6) is 1.31. The molecule has 7 heteroatoms. The predicted octanol–water partition coefficient (Wildman–Crippen LogP) is 4.35. The molecule has 27 heavy (non-hydrogen) atoms. The van der Waals surface area contributed by atoms with Crippen LogP contribution in [0, 0.1) is 0 Å². The van der Waals surface area contributed by atoms with E-state index in [1.54, 1.807) is 0 Å². The topological polar surface area (TPSA) is 54.2 Å². The Bertz CT molecular complexity index is 896. The smallest absolute Gasteiger partial charge is 0.232 e. The summed E-state index contributed by atoms with van der Waals surface area (Å²) in [5, 5.41) is 20.7. The van der Waals surface area contributed by atoms with Crippen molar-refractivity contribution in [3.05, 3.63) is 65.2 Å². The highest BCUT2D eigenvalue weighted by Gasteiger charge is 2.24. The van der Waals surface area contributed by atoms with Crippen LogP contribution in [0.15, 0.2) is 59.8 Å². The van der Waals surface area contributed by atoms with Gasteiger partial charge in [0.05, 0.1) is 16.8 Å². The van der Waals surface area contributed by atoms with Gasteiger partial charge < -0.3 is 10.0 Å². The zero-order valence-electron chi connectivity index (χ0n) is 14.8. The van der Waals surface area contributed by atoms with Gasteiger partial charge in [-0.25, -0.2) is 0 Å². The van der Waals surface area contributed by atoms with Gasteiger partial charge in [-0.1, -0.05) is 65.8 Å². The highest BCUT2D eigenvalue weighted by Crippen LogP contribution is 2.33. The summed E-state index contributed by atoms with van der Waals surface area (Å²) in [6.45, 7) is 1.94. The quantitative estimate of drug-likeness (QED) is 0.623. The summed E-state index contributed by atoms with van der Waals surface area (Å²) in [5.41, 5.74) is 1.76. The number of anilines is 1. The van der Waals surface area contributed by atoms with Crippen molar-refractivity contribution in [2.75, 3.05) is 23.7 Å².